The smallest absolute Gasteiger partial charge is 0.222 e. The van der Waals surface area contributed by atoms with Crippen molar-refractivity contribution in [2.45, 2.75) is 50.7 Å². The van der Waals surface area contributed by atoms with Crippen molar-refractivity contribution in [1.82, 2.24) is 5.32 Å². The second-order valence-corrected chi connectivity index (χ2v) is 7.30. The third-order valence-electron chi connectivity index (χ3n) is 5.38. The van der Waals surface area contributed by atoms with Crippen LogP contribution in [0.4, 0.5) is 5.69 Å². The number of hydrogen-bond acceptors (Lipinski definition) is 3. The highest BCUT2D eigenvalue weighted by Gasteiger charge is 2.30. The Morgan fingerprint density at radius 2 is 1.77 bits per heavy atom. The van der Waals surface area contributed by atoms with E-state index in [1.165, 1.54) is 18.4 Å². The molecule has 1 fully saturated rings. The molecule has 2 aromatic carbocycles. The lowest BCUT2D eigenvalue weighted by Crippen LogP contribution is -2.46. The van der Waals surface area contributed by atoms with E-state index in [0.717, 1.165) is 30.8 Å². The molecule has 26 heavy (non-hydrogen) atoms. The Labute approximate surface area is 155 Å². The molecule has 0 unspecified atom stereocenters. The summed E-state index contributed by atoms with van der Waals surface area (Å²) in [5.41, 5.74) is 2.31. The van der Waals surface area contributed by atoms with Crippen LogP contribution in [0.2, 0.25) is 0 Å². The molecule has 1 heterocycles. The highest BCUT2D eigenvalue weighted by molar-refractivity contribution is 5.78. The summed E-state index contributed by atoms with van der Waals surface area (Å²) in [6.07, 6.45) is 5.15. The van der Waals surface area contributed by atoms with Crippen molar-refractivity contribution in [3.63, 3.8) is 0 Å². The molecule has 0 radical (unpaired) electrons. The van der Waals surface area contributed by atoms with E-state index in [1.54, 1.807) is 0 Å². The fourth-order valence-electron chi connectivity index (χ4n) is 4.02. The predicted octanol–water partition coefficient (Wildman–Crippen LogP) is 3.90. The second kappa shape index (κ2) is 7.81. The Morgan fingerprint density at radius 1 is 1.04 bits per heavy atom. The fraction of sp³-hybridized carbons (Fsp3) is 0.409. The molecule has 1 N–H and O–H groups in total. The minimum absolute atomic E-state index is 0.0477. The molecule has 2 aromatic rings. The highest BCUT2D eigenvalue weighted by Crippen LogP contribution is 2.35. The lowest BCUT2D eigenvalue weighted by molar-refractivity contribution is -0.122. The molecular formula is C22H26N2O2. The molecule has 0 spiro atoms. The SMILES string of the molecule is O=C(C[C@@H]1COc2ccccc2N1Cc1ccccc1)NC1CCCC1. The van der Waals surface area contributed by atoms with Gasteiger partial charge in [-0.3, -0.25) is 4.79 Å². The first-order valence-electron chi connectivity index (χ1n) is 9.61. The minimum atomic E-state index is 0.0477. The molecule has 4 rings (SSSR count). The van der Waals surface area contributed by atoms with E-state index in [0.29, 0.717) is 19.1 Å². The number of benzene rings is 2. The number of hydrogen-bond donors (Lipinski definition) is 1. The van der Waals surface area contributed by atoms with Gasteiger partial charge in [-0.1, -0.05) is 55.3 Å². The second-order valence-electron chi connectivity index (χ2n) is 7.30. The number of rotatable bonds is 5. The van der Waals surface area contributed by atoms with Gasteiger partial charge < -0.3 is 15.0 Å². The molecule has 0 saturated heterocycles. The quantitative estimate of drug-likeness (QED) is 0.889. The summed E-state index contributed by atoms with van der Waals surface area (Å²) in [5.74, 6) is 1.04. The van der Waals surface area contributed by atoms with Crippen LogP contribution in [0.25, 0.3) is 0 Å². The minimum Gasteiger partial charge on any atom is -0.489 e. The first-order chi connectivity index (χ1) is 12.8. The molecular weight excluding hydrogens is 324 g/mol. The summed E-state index contributed by atoms with van der Waals surface area (Å²) in [6.45, 7) is 1.32. The fourth-order valence-corrected chi connectivity index (χ4v) is 4.02. The van der Waals surface area contributed by atoms with Gasteiger partial charge in [-0.25, -0.2) is 0 Å². The van der Waals surface area contributed by atoms with E-state index in [-0.39, 0.29) is 11.9 Å². The Bertz CT molecular complexity index is 741. The van der Waals surface area contributed by atoms with E-state index < -0.39 is 0 Å². The maximum absolute atomic E-state index is 12.6. The molecule has 1 atom stereocenters. The molecule has 1 amide bonds. The summed E-state index contributed by atoms with van der Waals surface area (Å²) < 4.78 is 5.95. The van der Waals surface area contributed by atoms with Gasteiger partial charge in [-0.15, -0.1) is 0 Å². The normalized spacial score (nSPS) is 19.7. The third-order valence-corrected chi connectivity index (χ3v) is 5.38. The third kappa shape index (κ3) is 3.85. The summed E-state index contributed by atoms with van der Waals surface area (Å²) in [7, 11) is 0. The van der Waals surface area contributed by atoms with Gasteiger partial charge in [0.1, 0.15) is 12.4 Å². The van der Waals surface area contributed by atoms with Gasteiger partial charge in [-0.05, 0) is 30.5 Å². The Kier molecular flexibility index (Phi) is 5.09. The zero-order valence-corrected chi connectivity index (χ0v) is 15.1. The summed E-state index contributed by atoms with van der Waals surface area (Å²) in [4.78, 5) is 14.9. The van der Waals surface area contributed by atoms with Crippen LogP contribution >= 0.6 is 0 Å². The number of carbonyl (C=O) groups is 1. The van der Waals surface area contributed by atoms with Crippen LogP contribution in [0, 0.1) is 0 Å². The number of ether oxygens (including phenoxy) is 1. The predicted molar refractivity (Wildman–Crippen MR) is 103 cm³/mol. The zero-order valence-electron chi connectivity index (χ0n) is 15.1. The van der Waals surface area contributed by atoms with Crippen LogP contribution in [0.5, 0.6) is 5.75 Å². The Hall–Kier alpha value is -2.49. The average molecular weight is 350 g/mol. The topological polar surface area (TPSA) is 41.6 Å². The largest absolute Gasteiger partial charge is 0.489 e. The van der Waals surface area contributed by atoms with Crippen molar-refractivity contribution in [3.8, 4) is 5.75 Å². The number of carbonyl (C=O) groups excluding carboxylic acids is 1. The zero-order chi connectivity index (χ0) is 17.8. The van der Waals surface area contributed by atoms with E-state index >= 15 is 0 Å². The molecule has 1 aliphatic heterocycles. The molecule has 4 heteroatoms. The van der Waals surface area contributed by atoms with E-state index in [1.807, 2.05) is 24.3 Å². The van der Waals surface area contributed by atoms with Gasteiger partial charge in [0.15, 0.2) is 0 Å². The molecule has 2 aliphatic rings. The number of amides is 1. The maximum atomic E-state index is 12.6. The van der Waals surface area contributed by atoms with Gasteiger partial charge in [0.05, 0.1) is 18.2 Å². The standard InChI is InChI=1S/C22H26N2O2/c25-22(23-18-10-4-5-11-18)14-19-16-26-21-13-7-6-12-20(21)24(19)15-17-8-2-1-3-9-17/h1-3,6-9,12-13,18-19H,4-5,10-11,14-16H2,(H,23,25)/t19-/m1/s1. The summed E-state index contributed by atoms with van der Waals surface area (Å²) in [6, 6.07) is 18.9. The van der Waals surface area contributed by atoms with Gasteiger partial charge in [-0.2, -0.15) is 0 Å². The Morgan fingerprint density at radius 3 is 2.58 bits per heavy atom. The van der Waals surface area contributed by atoms with Gasteiger partial charge in [0.2, 0.25) is 5.91 Å². The van der Waals surface area contributed by atoms with Gasteiger partial charge >= 0.3 is 0 Å². The molecule has 1 aliphatic carbocycles. The molecule has 0 aromatic heterocycles. The number of para-hydroxylation sites is 2. The monoisotopic (exact) mass is 350 g/mol. The number of anilines is 1. The van der Waals surface area contributed by atoms with E-state index in [2.05, 4.69) is 40.5 Å². The van der Waals surface area contributed by atoms with Crippen LogP contribution < -0.4 is 15.0 Å². The molecule has 136 valence electrons. The highest BCUT2D eigenvalue weighted by atomic mass is 16.5. The van der Waals surface area contributed by atoms with Crippen molar-refractivity contribution in [2.24, 2.45) is 0 Å². The molecule has 0 bridgehead atoms. The number of fused-ring (bicyclic) bond motifs is 1. The van der Waals surface area contributed by atoms with Crippen molar-refractivity contribution >= 4 is 11.6 Å². The summed E-state index contributed by atoms with van der Waals surface area (Å²) in [5, 5.41) is 3.21. The first kappa shape index (κ1) is 17.0. The Balaban J connectivity index is 1.51. The summed E-state index contributed by atoms with van der Waals surface area (Å²) >= 11 is 0. The number of nitrogens with zero attached hydrogens (tertiary/aromatic N) is 1. The number of nitrogens with one attached hydrogen (secondary N) is 1. The lowest BCUT2D eigenvalue weighted by Gasteiger charge is -2.38. The first-order valence-corrected chi connectivity index (χ1v) is 9.61. The van der Waals surface area contributed by atoms with Crippen LogP contribution in [-0.2, 0) is 11.3 Å². The molecule has 1 saturated carbocycles. The average Bonchev–Trinajstić information content (AvgIpc) is 3.17. The van der Waals surface area contributed by atoms with E-state index in [4.69, 9.17) is 4.74 Å². The van der Waals surface area contributed by atoms with Crippen molar-refractivity contribution in [2.75, 3.05) is 11.5 Å². The van der Waals surface area contributed by atoms with Crippen molar-refractivity contribution in [1.29, 1.82) is 0 Å². The molecule has 4 nitrogen and oxygen atoms in total. The van der Waals surface area contributed by atoms with Crippen LogP contribution in [0.15, 0.2) is 54.6 Å². The van der Waals surface area contributed by atoms with Gasteiger partial charge in [0.25, 0.3) is 0 Å². The van der Waals surface area contributed by atoms with Crippen LogP contribution in [0.3, 0.4) is 0 Å². The lowest BCUT2D eigenvalue weighted by atomic mass is 10.1. The van der Waals surface area contributed by atoms with Crippen molar-refractivity contribution in [3.05, 3.63) is 60.2 Å². The van der Waals surface area contributed by atoms with Crippen molar-refractivity contribution < 1.29 is 9.53 Å². The van der Waals surface area contributed by atoms with Crippen LogP contribution in [-0.4, -0.2) is 24.6 Å². The van der Waals surface area contributed by atoms with Gasteiger partial charge in [0, 0.05) is 12.6 Å². The maximum Gasteiger partial charge on any atom is 0.222 e. The van der Waals surface area contributed by atoms with Crippen LogP contribution in [0.1, 0.15) is 37.7 Å². The van der Waals surface area contributed by atoms with E-state index in [9.17, 15) is 4.79 Å².